The normalized spacial score (nSPS) is 24.2. The molecule has 0 radical (unpaired) electrons. The number of hydrogen-bond donors (Lipinski definition) is 1. The van der Waals surface area contributed by atoms with Gasteiger partial charge in [-0.15, -0.1) is 0 Å². The Morgan fingerprint density at radius 3 is 3.11 bits per heavy atom. The molecule has 7 heteroatoms. The van der Waals surface area contributed by atoms with E-state index in [-0.39, 0.29) is 12.5 Å². The second kappa shape index (κ2) is 4.81. The summed E-state index contributed by atoms with van der Waals surface area (Å²) in [6.07, 6.45) is 2.19. The van der Waals surface area contributed by atoms with Crippen molar-refractivity contribution in [1.82, 2.24) is 9.36 Å². The number of carboxylic acids is 1. The number of anilines is 1. The Morgan fingerprint density at radius 1 is 1.56 bits per heavy atom. The maximum absolute atomic E-state index is 10.7. The number of carboxylic acid groups (broad SMARTS) is 1. The summed E-state index contributed by atoms with van der Waals surface area (Å²) in [5.41, 5.74) is 0. The minimum absolute atomic E-state index is 0.0464. The number of carbonyl (C=O) groups is 1. The van der Waals surface area contributed by atoms with Gasteiger partial charge in [0, 0.05) is 30.5 Å². The van der Waals surface area contributed by atoms with Crippen LogP contribution in [0.4, 0.5) is 5.13 Å². The zero-order valence-corrected chi connectivity index (χ0v) is 10.7. The Balaban J connectivity index is 1.64. The first kappa shape index (κ1) is 11.9. The van der Waals surface area contributed by atoms with Crippen molar-refractivity contribution in [3.63, 3.8) is 0 Å². The van der Waals surface area contributed by atoms with E-state index in [1.807, 2.05) is 0 Å². The summed E-state index contributed by atoms with van der Waals surface area (Å²) >= 11 is 1.41. The first-order valence-corrected chi connectivity index (χ1v) is 6.91. The van der Waals surface area contributed by atoms with Gasteiger partial charge in [-0.25, -0.2) is 4.98 Å². The SMILES string of the molecule is O=C(O)CC1CN(c2nc(C3CC3)ns2)CCO1. The number of nitrogens with zero attached hydrogens (tertiary/aromatic N) is 3. The quantitative estimate of drug-likeness (QED) is 0.882. The lowest BCUT2D eigenvalue weighted by Crippen LogP contribution is -2.43. The van der Waals surface area contributed by atoms with Crippen LogP contribution < -0.4 is 4.90 Å². The summed E-state index contributed by atoms with van der Waals surface area (Å²) in [6, 6.07) is 0. The first-order valence-electron chi connectivity index (χ1n) is 6.14. The predicted octanol–water partition coefficient (Wildman–Crippen LogP) is 1.10. The number of rotatable bonds is 4. The van der Waals surface area contributed by atoms with Crippen molar-refractivity contribution in [2.75, 3.05) is 24.6 Å². The highest BCUT2D eigenvalue weighted by Gasteiger charge is 2.30. The van der Waals surface area contributed by atoms with Crippen LogP contribution in [0.5, 0.6) is 0 Å². The number of morpholine rings is 1. The van der Waals surface area contributed by atoms with E-state index in [1.54, 1.807) is 0 Å². The van der Waals surface area contributed by atoms with Crippen LogP contribution in [0.2, 0.25) is 0 Å². The van der Waals surface area contributed by atoms with E-state index in [9.17, 15) is 4.79 Å². The van der Waals surface area contributed by atoms with Crippen molar-refractivity contribution in [1.29, 1.82) is 0 Å². The molecular weight excluding hydrogens is 254 g/mol. The third kappa shape index (κ3) is 2.62. The van der Waals surface area contributed by atoms with Crippen molar-refractivity contribution in [2.45, 2.75) is 31.3 Å². The number of aliphatic carboxylic acids is 1. The highest BCUT2D eigenvalue weighted by Crippen LogP contribution is 2.39. The lowest BCUT2D eigenvalue weighted by atomic mass is 10.2. The maximum atomic E-state index is 10.7. The van der Waals surface area contributed by atoms with Crippen molar-refractivity contribution in [3.05, 3.63) is 5.82 Å². The molecule has 1 aromatic rings. The zero-order chi connectivity index (χ0) is 12.5. The molecule has 1 N–H and O–H groups in total. The van der Waals surface area contributed by atoms with Crippen molar-refractivity contribution in [2.24, 2.45) is 0 Å². The minimum atomic E-state index is -0.821. The fourth-order valence-electron chi connectivity index (χ4n) is 2.07. The molecule has 1 atom stereocenters. The second-order valence-corrected chi connectivity index (χ2v) is 5.48. The number of aromatic nitrogens is 2. The van der Waals surface area contributed by atoms with Crippen molar-refractivity contribution >= 4 is 22.6 Å². The van der Waals surface area contributed by atoms with E-state index in [0.717, 1.165) is 17.5 Å². The van der Waals surface area contributed by atoms with Gasteiger partial charge in [0.1, 0.15) is 5.82 Å². The predicted molar refractivity (Wildman–Crippen MR) is 66.1 cm³/mol. The zero-order valence-electron chi connectivity index (χ0n) is 9.91. The molecule has 2 heterocycles. The van der Waals surface area contributed by atoms with Gasteiger partial charge in [0.15, 0.2) is 0 Å². The highest BCUT2D eigenvalue weighted by atomic mass is 32.1. The third-order valence-electron chi connectivity index (χ3n) is 3.19. The van der Waals surface area contributed by atoms with Crippen LogP contribution >= 0.6 is 11.5 Å². The minimum Gasteiger partial charge on any atom is -0.481 e. The summed E-state index contributed by atoms with van der Waals surface area (Å²) in [4.78, 5) is 17.3. The van der Waals surface area contributed by atoms with Gasteiger partial charge in [0.05, 0.1) is 19.1 Å². The molecular formula is C11H15N3O3S. The van der Waals surface area contributed by atoms with Crippen LogP contribution in [0.3, 0.4) is 0 Å². The van der Waals surface area contributed by atoms with Gasteiger partial charge < -0.3 is 14.7 Å². The smallest absolute Gasteiger partial charge is 0.306 e. The van der Waals surface area contributed by atoms with Crippen LogP contribution in [-0.4, -0.2) is 46.2 Å². The summed E-state index contributed by atoms with van der Waals surface area (Å²) in [5, 5.41) is 9.68. The molecule has 6 nitrogen and oxygen atoms in total. The molecule has 1 unspecified atom stereocenters. The Labute approximate surface area is 109 Å². The van der Waals surface area contributed by atoms with Gasteiger partial charge in [-0.2, -0.15) is 4.37 Å². The topological polar surface area (TPSA) is 75.5 Å². The standard InChI is InChI=1S/C11H15N3O3S/c15-9(16)5-8-6-14(3-4-17-8)11-12-10(13-18-11)7-1-2-7/h7-8H,1-6H2,(H,15,16). The molecule has 0 aromatic carbocycles. The Kier molecular flexibility index (Phi) is 3.17. The van der Waals surface area contributed by atoms with E-state index in [2.05, 4.69) is 14.3 Å². The van der Waals surface area contributed by atoms with Gasteiger partial charge in [0.2, 0.25) is 5.13 Å². The molecule has 1 aromatic heterocycles. The fourth-order valence-corrected chi connectivity index (χ4v) is 2.85. The number of hydrogen-bond acceptors (Lipinski definition) is 6. The van der Waals surface area contributed by atoms with Gasteiger partial charge in [-0.3, -0.25) is 4.79 Å². The molecule has 1 saturated carbocycles. The molecule has 2 aliphatic rings. The maximum Gasteiger partial charge on any atom is 0.306 e. The van der Waals surface area contributed by atoms with Crippen LogP contribution in [-0.2, 0) is 9.53 Å². The lowest BCUT2D eigenvalue weighted by molar-refractivity contribution is -0.140. The van der Waals surface area contributed by atoms with Gasteiger partial charge >= 0.3 is 5.97 Å². The van der Waals surface area contributed by atoms with E-state index < -0.39 is 5.97 Å². The molecule has 0 amide bonds. The molecule has 0 spiro atoms. The van der Waals surface area contributed by atoms with E-state index in [0.29, 0.717) is 19.1 Å². The third-order valence-corrected chi connectivity index (χ3v) is 3.98. The van der Waals surface area contributed by atoms with Crippen LogP contribution in [0.1, 0.15) is 31.0 Å². The molecule has 98 valence electrons. The van der Waals surface area contributed by atoms with Crippen LogP contribution in [0.25, 0.3) is 0 Å². The van der Waals surface area contributed by atoms with E-state index in [4.69, 9.17) is 9.84 Å². The molecule has 2 fully saturated rings. The Morgan fingerprint density at radius 2 is 2.39 bits per heavy atom. The lowest BCUT2D eigenvalue weighted by Gasteiger charge is -2.31. The van der Waals surface area contributed by atoms with Gasteiger partial charge in [0.25, 0.3) is 0 Å². The highest BCUT2D eigenvalue weighted by molar-refractivity contribution is 7.09. The monoisotopic (exact) mass is 269 g/mol. The first-order chi connectivity index (χ1) is 8.72. The van der Waals surface area contributed by atoms with E-state index >= 15 is 0 Å². The Bertz CT molecular complexity index is 446. The fraction of sp³-hybridized carbons (Fsp3) is 0.727. The number of ether oxygens (including phenoxy) is 1. The van der Waals surface area contributed by atoms with Gasteiger partial charge in [-0.05, 0) is 12.8 Å². The Hall–Kier alpha value is -1.21. The molecule has 0 bridgehead atoms. The van der Waals surface area contributed by atoms with E-state index in [1.165, 1.54) is 24.4 Å². The summed E-state index contributed by atoms with van der Waals surface area (Å²) in [7, 11) is 0. The second-order valence-electron chi connectivity index (χ2n) is 4.75. The largest absolute Gasteiger partial charge is 0.481 e. The molecule has 18 heavy (non-hydrogen) atoms. The average Bonchev–Trinajstić information content (AvgIpc) is 3.07. The van der Waals surface area contributed by atoms with Crippen LogP contribution in [0.15, 0.2) is 0 Å². The summed E-state index contributed by atoms with van der Waals surface area (Å²) in [6.45, 7) is 1.90. The summed E-state index contributed by atoms with van der Waals surface area (Å²) < 4.78 is 9.81. The van der Waals surface area contributed by atoms with Gasteiger partial charge in [-0.1, -0.05) is 0 Å². The summed E-state index contributed by atoms with van der Waals surface area (Å²) in [5.74, 6) is 0.694. The molecule has 3 rings (SSSR count). The van der Waals surface area contributed by atoms with Crippen LogP contribution in [0, 0.1) is 0 Å². The van der Waals surface area contributed by atoms with Crippen molar-refractivity contribution in [3.8, 4) is 0 Å². The molecule has 1 aliphatic carbocycles. The molecule has 1 aliphatic heterocycles. The van der Waals surface area contributed by atoms with Crippen molar-refractivity contribution < 1.29 is 14.6 Å². The molecule has 1 saturated heterocycles. The average molecular weight is 269 g/mol.